The zero-order chi connectivity index (χ0) is 16.2. The number of amides is 1. The third kappa shape index (κ3) is 3.90. The monoisotopic (exact) mass is 369 g/mol. The van der Waals surface area contributed by atoms with Gasteiger partial charge in [0.25, 0.3) is 5.91 Å². The summed E-state index contributed by atoms with van der Waals surface area (Å²) in [7, 11) is 0. The second-order valence-electron chi connectivity index (χ2n) is 5.27. The van der Waals surface area contributed by atoms with E-state index in [9.17, 15) is 4.79 Å². The number of benzene rings is 3. The highest BCUT2D eigenvalue weighted by atomic mass is 79.9. The first-order chi connectivity index (χ1) is 11.1. The Morgan fingerprint density at radius 3 is 2.48 bits per heavy atom. The fourth-order valence-corrected chi connectivity index (χ4v) is 2.67. The molecule has 23 heavy (non-hydrogen) atoms. The molecule has 1 atom stereocenters. The van der Waals surface area contributed by atoms with Crippen molar-refractivity contribution in [3.05, 3.63) is 71.2 Å². The van der Waals surface area contributed by atoms with Gasteiger partial charge in [0, 0.05) is 10.2 Å². The van der Waals surface area contributed by atoms with Crippen LogP contribution in [0.15, 0.2) is 71.2 Å². The average Bonchev–Trinajstić information content (AvgIpc) is 2.56. The molecule has 0 bridgehead atoms. The normalized spacial score (nSPS) is 11.9. The molecule has 3 aromatic rings. The summed E-state index contributed by atoms with van der Waals surface area (Å²) in [4.78, 5) is 12.2. The van der Waals surface area contributed by atoms with Crippen LogP contribution < -0.4 is 10.1 Å². The topological polar surface area (TPSA) is 38.3 Å². The molecular weight excluding hydrogens is 354 g/mol. The van der Waals surface area contributed by atoms with Gasteiger partial charge in [-0.05, 0) is 54.1 Å². The highest BCUT2D eigenvalue weighted by Gasteiger charge is 2.15. The Kier molecular flexibility index (Phi) is 4.63. The first-order valence-electron chi connectivity index (χ1n) is 7.34. The fourth-order valence-electron chi connectivity index (χ4n) is 2.29. The number of rotatable bonds is 4. The maximum atomic E-state index is 12.2. The van der Waals surface area contributed by atoms with E-state index in [1.807, 2.05) is 66.7 Å². The van der Waals surface area contributed by atoms with Crippen molar-refractivity contribution in [1.82, 2.24) is 0 Å². The molecule has 116 valence electrons. The molecule has 3 aromatic carbocycles. The summed E-state index contributed by atoms with van der Waals surface area (Å²) in [6.07, 6.45) is -0.580. The molecule has 0 unspecified atom stereocenters. The first kappa shape index (κ1) is 15.6. The minimum Gasteiger partial charge on any atom is -0.481 e. The number of carbonyl (C=O) groups excluding carboxylic acids is 1. The maximum Gasteiger partial charge on any atom is 0.265 e. The molecule has 3 rings (SSSR count). The Morgan fingerprint density at radius 1 is 1.00 bits per heavy atom. The van der Waals surface area contributed by atoms with Gasteiger partial charge in [-0.1, -0.05) is 46.3 Å². The molecule has 0 saturated carbocycles. The third-order valence-electron chi connectivity index (χ3n) is 3.50. The Morgan fingerprint density at radius 2 is 1.70 bits per heavy atom. The molecule has 0 aliphatic carbocycles. The van der Waals surface area contributed by atoms with Gasteiger partial charge < -0.3 is 10.1 Å². The minimum absolute atomic E-state index is 0.174. The lowest BCUT2D eigenvalue weighted by atomic mass is 10.1. The predicted molar refractivity (Wildman–Crippen MR) is 96.8 cm³/mol. The van der Waals surface area contributed by atoms with Crippen LogP contribution in [0, 0.1) is 0 Å². The van der Waals surface area contributed by atoms with E-state index in [1.165, 1.54) is 0 Å². The standard InChI is InChI=1S/C19H16BrNO2/c1-13(19(22)21-17-5-3-2-4-6-17)23-18-10-8-14-11-16(20)9-7-15(14)12-18/h2-13H,1H3,(H,21,22)/t13-/m0/s1. The molecule has 0 aliphatic rings. The average molecular weight is 370 g/mol. The lowest BCUT2D eigenvalue weighted by Gasteiger charge is -2.15. The van der Waals surface area contributed by atoms with Crippen LogP contribution in [0.4, 0.5) is 5.69 Å². The van der Waals surface area contributed by atoms with Gasteiger partial charge in [0.1, 0.15) is 5.75 Å². The van der Waals surface area contributed by atoms with Crippen LogP contribution in [0.1, 0.15) is 6.92 Å². The van der Waals surface area contributed by atoms with Crippen LogP contribution in [0.5, 0.6) is 5.75 Å². The second-order valence-corrected chi connectivity index (χ2v) is 6.18. The Bertz CT molecular complexity index is 833. The molecular formula is C19H16BrNO2. The first-order valence-corrected chi connectivity index (χ1v) is 8.13. The van der Waals surface area contributed by atoms with E-state index < -0.39 is 6.10 Å². The van der Waals surface area contributed by atoms with E-state index >= 15 is 0 Å². The molecule has 0 aliphatic heterocycles. The lowest BCUT2D eigenvalue weighted by Crippen LogP contribution is -2.30. The van der Waals surface area contributed by atoms with Crippen LogP contribution in [-0.2, 0) is 4.79 Å². The van der Waals surface area contributed by atoms with Gasteiger partial charge >= 0.3 is 0 Å². The number of ether oxygens (including phenoxy) is 1. The van der Waals surface area contributed by atoms with E-state index in [0.29, 0.717) is 5.75 Å². The van der Waals surface area contributed by atoms with Gasteiger partial charge in [0.05, 0.1) is 0 Å². The van der Waals surface area contributed by atoms with E-state index in [1.54, 1.807) is 6.92 Å². The zero-order valence-corrected chi connectivity index (χ0v) is 14.2. The summed E-state index contributed by atoms with van der Waals surface area (Å²) in [5.41, 5.74) is 0.760. The highest BCUT2D eigenvalue weighted by molar-refractivity contribution is 9.10. The molecule has 4 heteroatoms. The predicted octanol–water partition coefficient (Wildman–Crippen LogP) is 5.01. The number of hydrogen-bond acceptors (Lipinski definition) is 2. The Balaban J connectivity index is 1.70. The van der Waals surface area contributed by atoms with Crippen molar-refractivity contribution in [2.45, 2.75) is 13.0 Å². The Hall–Kier alpha value is -2.33. The van der Waals surface area contributed by atoms with Gasteiger partial charge in [-0.15, -0.1) is 0 Å². The summed E-state index contributed by atoms with van der Waals surface area (Å²) < 4.78 is 6.80. The minimum atomic E-state index is -0.580. The largest absolute Gasteiger partial charge is 0.481 e. The number of halogens is 1. The van der Waals surface area contributed by atoms with Crippen LogP contribution in [0.3, 0.4) is 0 Å². The summed E-state index contributed by atoms with van der Waals surface area (Å²) in [6.45, 7) is 1.74. The number of anilines is 1. The van der Waals surface area contributed by atoms with Gasteiger partial charge in [0.15, 0.2) is 6.10 Å². The molecule has 0 saturated heterocycles. The van der Waals surface area contributed by atoms with Gasteiger partial charge in [0.2, 0.25) is 0 Å². The van der Waals surface area contributed by atoms with Crippen LogP contribution in [0.2, 0.25) is 0 Å². The summed E-state index contributed by atoms with van der Waals surface area (Å²) >= 11 is 3.46. The van der Waals surface area contributed by atoms with E-state index in [4.69, 9.17) is 4.74 Å². The number of nitrogens with one attached hydrogen (secondary N) is 1. The molecule has 1 N–H and O–H groups in total. The van der Waals surface area contributed by atoms with Gasteiger partial charge in [-0.25, -0.2) is 0 Å². The Labute approximate surface area is 143 Å². The maximum absolute atomic E-state index is 12.2. The molecule has 0 radical (unpaired) electrons. The number of carbonyl (C=O) groups is 1. The van der Waals surface area contributed by atoms with Crippen molar-refractivity contribution in [2.75, 3.05) is 5.32 Å². The van der Waals surface area contributed by atoms with Gasteiger partial charge in [-0.2, -0.15) is 0 Å². The van der Waals surface area contributed by atoms with Crippen molar-refractivity contribution < 1.29 is 9.53 Å². The molecule has 0 heterocycles. The summed E-state index contributed by atoms with van der Waals surface area (Å²) in [5, 5.41) is 5.03. The van der Waals surface area contributed by atoms with Crippen LogP contribution in [-0.4, -0.2) is 12.0 Å². The van der Waals surface area contributed by atoms with E-state index in [0.717, 1.165) is 20.9 Å². The summed E-state index contributed by atoms with van der Waals surface area (Å²) in [6, 6.07) is 21.2. The fraction of sp³-hybridized carbons (Fsp3) is 0.105. The number of hydrogen-bond donors (Lipinski definition) is 1. The SMILES string of the molecule is C[C@H](Oc1ccc2cc(Br)ccc2c1)C(=O)Nc1ccccc1. The molecule has 0 fully saturated rings. The van der Waals surface area contributed by atoms with E-state index in [2.05, 4.69) is 21.2 Å². The zero-order valence-electron chi connectivity index (χ0n) is 12.6. The number of para-hydroxylation sites is 1. The van der Waals surface area contributed by atoms with Crippen molar-refractivity contribution in [3.63, 3.8) is 0 Å². The van der Waals surface area contributed by atoms with Crippen LogP contribution >= 0.6 is 15.9 Å². The van der Waals surface area contributed by atoms with Crippen molar-refractivity contribution in [3.8, 4) is 5.75 Å². The van der Waals surface area contributed by atoms with Crippen LogP contribution in [0.25, 0.3) is 10.8 Å². The smallest absolute Gasteiger partial charge is 0.265 e. The lowest BCUT2D eigenvalue weighted by molar-refractivity contribution is -0.122. The number of fused-ring (bicyclic) bond motifs is 1. The third-order valence-corrected chi connectivity index (χ3v) is 3.99. The second kappa shape index (κ2) is 6.84. The molecule has 1 amide bonds. The molecule has 0 aromatic heterocycles. The van der Waals surface area contributed by atoms with Crippen molar-refractivity contribution in [2.24, 2.45) is 0 Å². The molecule has 0 spiro atoms. The van der Waals surface area contributed by atoms with Gasteiger partial charge in [-0.3, -0.25) is 4.79 Å². The van der Waals surface area contributed by atoms with E-state index in [-0.39, 0.29) is 5.91 Å². The quantitative estimate of drug-likeness (QED) is 0.701. The highest BCUT2D eigenvalue weighted by Crippen LogP contribution is 2.24. The molecule has 3 nitrogen and oxygen atoms in total. The van der Waals surface area contributed by atoms with Crippen molar-refractivity contribution in [1.29, 1.82) is 0 Å². The summed E-state index contributed by atoms with van der Waals surface area (Å²) in [5.74, 6) is 0.502. The van der Waals surface area contributed by atoms with Crippen molar-refractivity contribution >= 4 is 38.3 Å².